The SMILES string of the molecule is CCN1C(=O)C(NC(=O)c2cccc(C(F)(F)F)c2)C(c2ccc(F)cc2)c2c(CNC(=O)CCOCCOCCNC=O)nn(-c3ccccc3)c21. The van der Waals surface area contributed by atoms with E-state index in [0.717, 1.165) is 12.1 Å². The van der Waals surface area contributed by atoms with E-state index in [0.29, 0.717) is 54.0 Å². The molecule has 0 bridgehead atoms. The van der Waals surface area contributed by atoms with Gasteiger partial charge in [0.05, 0.1) is 49.9 Å². The fourth-order valence-electron chi connectivity index (χ4n) is 5.99. The summed E-state index contributed by atoms with van der Waals surface area (Å²) >= 11 is 0. The van der Waals surface area contributed by atoms with Crippen molar-refractivity contribution in [2.75, 3.05) is 44.4 Å². The Morgan fingerprint density at radius 1 is 0.943 bits per heavy atom. The third-order valence-electron chi connectivity index (χ3n) is 8.46. The number of nitrogens with one attached hydrogen (secondary N) is 3. The molecule has 0 radical (unpaired) electrons. The molecule has 0 spiro atoms. The minimum absolute atomic E-state index is 0.00488. The molecule has 4 amide bonds. The number of alkyl halides is 3. The molecule has 0 aliphatic carbocycles. The lowest BCUT2D eigenvalue weighted by Gasteiger charge is -2.38. The van der Waals surface area contributed by atoms with Gasteiger partial charge in [0, 0.05) is 36.6 Å². The average molecular weight is 739 g/mol. The van der Waals surface area contributed by atoms with Crippen LogP contribution in [0.25, 0.3) is 5.69 Å². The molecular formula is C37H38F4N6O6. The van der Waals surface area contributed by atoms with Gasteiger partial charge >= 0.3 is 6.18 Å². The Labute approximate surface area is 302 Å². The van der Waals surface area contributed by atoms with Crippen LogP contribution in [0.5, 0.6) is 0 Å². The predicted molar refractivity (Wildman–Crippen MR) is 185 cm³/mol. The van der Waals surface area contributed by atoms with E-state index in [-0.39, 0.29) is 50.8 Å². The van der Waals surface area contributed by atoms with Crippen LogP contribution in [0.4, 0.5) is 23.4 Å². The Morgan fingerprint density at radius 3 is 2.34 bits per heavy atom. The minimum Gasteiger partial charge on any atom is -0.379 e. The first-order valence-electron chi connectivity index (χ1n) is 16.8. The molecule has 0 fully saturated rings. The lowest BCUT2D eigenvalue weighted by molar-refractivity contribution is -0.137. The number of halogens is 4. The molecule has 1 aliphatic heterocycles. The van der Waals surface area contributed by atoms with Gasteiger partial charge in [0.1, 0.15) is 17.7 Å². The Balaban J connectivity index is 1.48. The van der Waals surface area contributed by atoms with E-state index in [1.807, 2.05) is 6.07 Å². The molecule has 16 heteroatoms. The summed E-state index contributed by atoms with van der Waals surface area (Å²) in [6.07, 6.45) is -4.13. The summed E-state index contributed by atoms with van der Waals surface area (Å²) in [7, 11) is 0. The molecule has 53 heavy (non-hydrogen) atoms. The van der Waals surface area contributed by atoms with Crippen LogP contribution in [0.3, 0.4) is 0 Å². The minimum atomic E-state index is -4.70. The third-order valence-corrected chi connectivity index (χ3v) is 8.46. The van der Waals surface area contributed by atoms with Crippen LogP contribution in [0.2, 0.25) is 0 Å². The maximum absolute atomic E-state index is 14.4. The largest absolute Gasteiger partial charge is 0.416 e. The fourth-order valence-corrected chi connectivity index (χ4v) is 5.99. The second kappa shape index (κ2) is 17.7. The Morgan fingerprint density at radius 2 is 1.66 bits per heavy atom. The highest BCUT2D eigenvalue weighted by Gasteiger charge is 2.46. The van der Waals surface area contributed by atoms with E-state index in [9.17, 15) is 36.7 Å². The van der Waals surface area contributed by atoms with Crippen LogP contribution < -0.4 is 20.9 Å². The number of nitrogens with zero attached hydrogens (tertiary/aromatic N) is 3. The zero-order chi connectivity index (χ0) is 38.0. The highest BCUT2D eigenvalue weighted by molar-refractivity contribution is 6.05. The lowest BCUT2D eigenvalue weighted by atomic mass is 9.80. The van der Waals surface area contributed by atoms with Crippen LogP contribution >= 0.6 is 0 Å². The van der Waals surface area contributed by atoms with E-state index >= 15 is 0 Å². The van der Waals surface area contributed by atoms with Crippen molar-refractivity contribution >= 4 is 29.9 Å². The molecule has 12 nitrogen and oxygen atoms in total. The standard InChI is InChI=1S/C37H38F4N6O6/c1-2-46-35-32(29(45-47(35)28-9-4-3-5-10-28)22-43-30(49)15-17-52-19-20-53-18-16-42-23-48)31(24-11-13-27(38)14-12-24)33(36(46)51)44-34(50)25-7-6-8-26(21-25)37(39,40)41/h3-14,21,23,31,33H,2,15-20,22H2,1H3,(H,42,48)(H,43,49)(H,44,50). The van der Waals surface area contributed by atoms with Crippen LogP contribution in [-0.4, -0.2) is 79.5 Å². The number of likely N-dealkylation sites (N-methyl/N-ethyl adjacent to an activating group) is 1. The third kappa shape index (κ3) is 9.44. The van der Waals surface area contributed by atoms with Crippen molar-refractivity contribution in [1.82, 2.24) is 25.7 Å². The second-order valence-corrected chi connectivity index (χ2v) is 11.9. The summed E-state index contributed by atoms with van der Waals surface area (Å²) in [4.78, 5) is 52.7. The molecule has 1 aromatic heterocycles. The van der Waals surface area contributed by atoms with Crippen LogP contribution in [0.1, 0.15) is 52.0 Å². The van der Waals surface area contributed by atoms with Gasteiger partial charge in [-0.1, -0.05) is 36.4 Å². The molecule has 2 atom stereocenters. The number of para-hydroxylation sites is 1. The number of fused-ring (bicyclic) bond motifs is 1. The molecular weight excluding hydrogens is 700 g/mol. The number of hydrogen-bond acceptors (Lipinski definition) is 7. The van der Waals surface area contributed by atoms with Crippen LogP contribution in [-0.2, 0) is 36.6 Å². The maximum Gasteiger partial charge on any atom is 0.416 e. The number of anilines is 1. The highest BCUT2D eigenvalue weighted by atomic mass is 19.4. The van der Waals surface area contributed by atoms with Crippen molar-refractivity contribution in [2.45, 2.75) is 38.0 Å². The molecule has 2 unspecified atom stereocenters. The smallest absolute Gasteiger partial charge is 0.379 e. The zero-order valence-electron chi connectivity index (χ0n) is 28.7. The molecule has 3 N–H and O–H groups in total. The molecule has 2 heterocycles. The van der Waals surface area contributed by atoms with Gasteiger partial charge in [-0.15, -0.1) is 0 Å². The molecule has 0 saturated carbocycles. The van der Waals surface area contributed by atoms with E-state index in [2.05, 4.69) is 16.0 Å². The van der Waals surface area contributed by atoms with Gasteiger partial charge in [0.15, 0.2) is 0 Å². The number of carbonyl (C=O) groups is 4. The number of carbonyl (C=O) groups excluding carboxylic acids is 4. The van der Waals surface area contributed by atoms with Crippen molar-refractivity contribution in [2.24, 2.45) is 0 Å². The molecule has 3 aromatic carbocycles. The van der Waals surface area contributed by atoms with E-state index in [4.69, 9.17) is 14.6 Å². The summed E-state index contributed by atoms with van der Waals surface area (Å²) in [5.41, 5.74) is 0.467. The maximum atomic E-state index is 14.4. The van der Waals surface area contributed by atoms with Crippen LogP contribution in [0, 0.1) is 5.82 Å². The molecule has 0 saturated heterocycles. The molecule has 280 valence electrons. The molecule has 5 rings (SSSR count). The zero-order valence-corrected chi connectivity index (χ0v) is 28.7. The summed E-state index contributed by atoms with van der Waals surface area (Å²) in [6.45, 7) is 3.03. The number of rotatable bonds is 17. The van der Waals surface area contributed by atoms with Gasteiger partial charge < -0.3 is 25.4 Å². The van der Waals surface area contributed by atoms with Gasteiger partial charge in [-0.05, 0) is 55.0 Å². The fraction of sp³-hybridized carbons (Fsp3) is 0.324. The topological polar surface area (TPSA) is 144 Å². The monoisotopic (exact) mass is 738 g/mol. The first kappa shape index (κ1) is 38.6. The first-order chi connectivity index (χ1) is 25.5. The van der Waals surface area contributed by atoms with Gasteiger partial charge in [-0.25, -0.2) is 9.07 Å². The van der Waals surface area contributed by atoms with Gasteiger partial charge in [-0.3, -0.25) is 24.1 Å². The Bertz CT molecular complexity index is 1890. The summed E-state index contributed by atoms with van der Waals surface area (Å²) in [6, 6.07) is 16.8. The van der Waals surface area contributed by atoms with Crippen molar-refractivity contribution < 1.29 is 46.2 Å². The number of hydrogen-bond donors (Lipinski definition) is 3. The van der Waals surface area contributed by atoms with Gasteiger partial charge in [0.2, 0.25) is 12.3 Å². The molecule has 1 aliphatic rings. The van der Waals surface area contributed by atoms with Crippen LogP contribution in [0.15, 0.2) is 78.9 Å². The van der Waals surface area contributed by atoms with Crippen molar-refractivity contribution in [3.8, 4) is 5.69 Å². The number of benzene rings is 3. The van der Waals surface area contributed by atoms with Crippen molar-refractivity contribution in [3.63, 3.8) is 0 Å². The predicted octanol–water partition coefficient (Wildman–Crippen LogP) is 4.11. The van der Waals surface area contributed by atoms with E-state index in [1.54, 1.807) is 35.9 Å². The Hall–Kier alpha value is -5.61. The average Bonchev–Trinajstić information content (AvgIpc) is 3.53. The lowest BCUT2D eigenvalue weighted by Crippen LogP contribution is -2.55. The summed E-state index contributed by atoms with van der Waals surface area (Å²) in [5.74, 6) is -3.04. The first-order valence-corrected chi connectivity index (χ1v) is 16.8. The second-order valence-electron chi connectivity index (χ2n) is 11.9. The van der Waals surface area contributed by atoms with Crippen molar-refractivity contribution in [1.29, 1.82) is 0 Å². The quantitative estimate of drug-likeness (QED) is 0.0841. The normalized spacial score (nSPS) is 15.5. The van der Waals surface area contributed by atoms with E-state index < -0.39 is 41.3 Å². The summed E-state index contributed by atoms with van der Waals surface area (Å²) in [5, 5.41) is 12.8. The summed E-state index contributed by atoms with van der Waals surface area (Å²) < 4.78 is 67.2. The Kier molecular flexibility index (Phi) is 12.9. The van der Waals surface area contributed by atoms with Gasteiger partial charge in [0.25, 0.3) is 11.8 Å². The number of amides is 4. The number of ether oxygens (including phenoxy) is 2. The van der Waals surface area contributed by atoms with Crippen molar-refractivity contribution in [3.05, 3.63) is 113 Å². The number of aromatic nitrogens is 2. The van der Waals surface area contributed by atoms with E-state index in [1.165, 1.54) is 35.2 Å². The highest BCUT2D eigenvalue weighted by Crippen LogP contribution is 2.44. The van der Waals surface area contributed by atoms with Gasteiger partial charge in [-0.2, -0.15) is 18.3 Å². The molecule has 4 aromatic rings.